The molecule has 0 aliphatic carbocycles. The van der Waals surface area contributed by atoms with Crippen molar-refractivity contribution in [2.45, 2.75) is 20.4 Å². The zero-order valence-electron chi connectivity index (χ0n) is 14.6. The topological polar surface area (TPSA) is 103 Å². The number of nitrogens with zero attached hydrogens (tertiary/aromatic N) is 4. The van der Waals surface area contributed by atoms with Gasteiger partial charge in [-0.2, -0.15) is 0 Å². The largest absolute Gasteiger partial charge is 0.384 e. The summed E-state index contributed by atoms with van der Waals surface area (Å²) in [7, 11) is 1.65. The number of oxime groups is 1. The number of amidine groups is 1. The van der Waals surface area contributed by atoms with Crippen molar-refractivity contribution in [1.82, 2.24) is 9.55 Å². The molecule has 1 aliphatic rings. The number of fused-ring (bicyclic) bond motifs is 3. The van der Waals surface area contributed by atoms with E-state index < -0.39 is 5.97 Å². The fraction of sp³-hybridized carbons (Fsp3) is 0.294. The maximum absolute atomic E-state index is 12.5. The predicted octanol–water partition coefficient (Wildman–Crippen LogP) is 2.26. The monoisotopic (exact) mass is 375 g/mol. The van der Waals surface area contributed by atoms with Gasteiger partial charge in [0, 0.05) is 23.6 Å². The van der Waals surface area contributed by atoms with E-state index in [0.29, 0.717) is 22.1 Å². The number of hydrogen-bond donors (Lipinski definition) is 1. The van der Waals surface area contributed by atoms with Crippen molar-refractivity contribution < 1.29 is 14.4 Å². The van der Waals surface area contributed by atoms with Crippen LogP contribution in [-0.4, -0.2) is 34.3 Å². The fourth-order valence-corrected chi connectivity index (χ4v) is 2.67. The second kappa shape index (κ2) is 6.80. The number of rotatable bonds is 3. The van der Waals surface area contributed by atoms with Crippen LogP contribution in [0.25, 0.3) is 11.4 Å². The molecule has 0 bridgehead atoms. The normalized spacial score (nSPS) is 14.1. The maximum atomic E-state index is 12.5. The number of carbonyl (C=O) groups excluding carboxylic acids is 2. The molecule has 1 aromatic heterocycles. The van der Waals surface area contributed by atoms with Gasteiger partial charge in [-0.3, -0.25) is 4.79 Å². The van der Waals surface area contributed by atoms with Gasteiger partial charge >= 0.3 is 5.97 Å². The molecule has 2 aromatic rings. The van der Waals surface area contributed by atoms with E-state index in [1.165, 1.54) is 15.7 Å². The van der Waals surface area contributed by atoms with E-state index in [1.54, 1.807) is 25.2 Å². The Balaban J connectivity index is 2.03. The summed E-state index contributed by atoms with van der Waals surface area (Å²) in [6.45, 7) is 3.59. The maximum Gasteiger partial charge on any atom is 0.383 e. The molecule has 0 radical (unpaired) electrons. The van der Waals surface area contributed by atoms with E-state index in [9.17, 15) is 9.59 Å². The molecule has 1 amide bonds. The first kappa shape index (κ1) is 17.9. The highest BCUT2D eigenvalue weighted by Gasteiger charge is 2.28. The summed E-state index contributed by atoms with van der Waals surface area (Å²) >= 11 is 6.06. The zero-order chi connectivity index (χ0) is 19.0. The number of hydrogen-bond acceptors (Lipinski definition) is 5. The van der Waals surface area contributed by atoms with Crippen molar-refractivity contribution in [3.8, 4) is 11.4 Å². The molecule has 0 saturated heterocycles. The number of imidazole rings is 1. The third-order valence-electron chi connectivity index (χ3n) is 4.12. The first-order chi connectivity index (χ1) is 12.3. The molecular weight excluding hydrogens is 358 g/mol. The Morgan fingerprint density at radius 3 is 2.85 bits per heavy atom. The Kier molecular flexibility index (Phi) is 4.69. The molecular formula is C17H18ClN5O3. The van der Waals surface area contributed by atoms with Crippen LogP contribution in [0.5, 0.6) is 0 Å². The number of carbonyl (C=O) groups is 2. The zero-order valence-corrected chi connectivity index (χ0v) is 15.3. The van der Waals surface area contributed by atoms with Crippen LogP contribution in [0.2, 0.25) is 5.02 Å². The van der Waals surface area contributed by atoms with Crippen molar-refractivity contribution in [2.24, 2.45) is 16.8 Å². The van der Waals surface area contributed by atoms with Gasteiger partial charge in [-0.1, -0.05) is 30.6 Å². The summed E-state index contributed by atoms with van der Waals surface area (Å²) in [6, 6.07) is 5.15. The summed E-state index contributed by atoms with van der Waals surface area (Å²) in [5, 5.41) is 4.13. The Morgan fingerprint density at radius 1 is 1.42 bits per heavy atom. The minimum absolute atomic E-state index is 0.0581. The molecule has 0 atom stereocenters. The first-order valence-electron chi connectivity index (χ1n) is 7.96. The Hall–Kier alpha value is -2.87. The highest BCUT2D eigenvalue weighted by atomic mass is 35.5. The van der Waals surface area contributed by atoms with Gasteiger partial charge in [0.2, 0.25) is 5.91 Å². The van der Waals surface area contributed by atoms with Gasteiger partial charge in [0.1, 0.15) is 18.2 Å². The second-order valence-electron chi connectivity index (χ2n) is 6.22. The summed E-state index contributed by atoms with van der Waals surface area (Å²) in [5.74, 6) is -0.339. The molecule has 0 fully saturated rings. The van der Waals surface area contributed by atoms with Gasteiger partial charge in [0.05, 0.1) is 11.9 Å². The van der Waals surface area contributed by atoms with E-state index in [-0.39, 0.29) is 29.9 Å². The molecule has 3 rings (SSSR count). The van der Waals surface area contributed by atoms with Crippen molar-refractivity contribution in [1.29, 1.82) is 0 Å². The van der Waals surface area contributed by atoms with Gasteiger partial charge in [-0.05, 0) is 18.2 Å². The number of halogens is 1. The highest BCUT2D eigenvalue weighted by Crippen LogP contribution is 2.35. The van der Waals surface area contributed by atoms with Crippen LogP contribution in [0.4, 0.5) is 5.69 Å². The number of aromatic nitrogens is 2. The minimum atomic E-state index is -0.736. The summed E-state index contributed by atoms with van der Waals surface area (Å²) in [5.41, 5.74) is 7.10. The van der Waals surface area contributed by atoms with Gasteiger partial charge in [-0.15, -0.1) is 0 Å². The molecule has 0 unspecified atom stereocenters. The number of nitrogens with two attached hydrogens (primary N) is 1. The Morgan fingerprint density at radius 2 is 2.15 bits per heavy atom. The quantitative estimate of drug-likeness (QED) is 0.383. The molecule has 8 nitrogen and oxygen atoms in total. The lowest BCUT2D eigenvalue weighted by molar-refractivity contribution is -0.118. The fourth-order valence-electron chi connectivity index (χ4n) is 2.51. The van der Waals surface area contributed by atoms with Crippen molar-refractivity contribution in [2.75, 3.05) is 11.9 Å². The summed E-state index contributed by atoms with van der Waals surface area (Å²) in [4.78, 5) is 35.6. The van der Waals surface area contributed by atoms with Gasteiger partial charge in [0.15, 0.2) is 5.69 Å². The first-order valence-corrected chi connectivity index (χ1v) is 8.34. The van der Waals surface area contributed by atoms with E-state index in [0.717, 1.165) is 0 Å². The molecule has 0 saturated carbocycles. The smallest absolute Gasteiger partial charge is 0.383 e. The minimum Gasteiger partial charge on any atom is -0.384 e. The number of anilines is 1. The van der Waals surface area contributed by atoms with Gasteiger partial charge in [0.25, 0.3) is 0 Å². The number of amides is 1. The number of likely N-dealkylation sites (N-methyl/N-ethyl adjacent to an activating group) is 1. The van der Waals surface area contributed by atoms with Crippen LogP contribution in [0, 0.1) is 5.92 Å². The molecule has 0 spiro atoms. The third-order valence-corrected chi connectivity index (χ3v) is 4.35. The van der Waals surface area contributed by atoms with E-state index in [2.05, 4.69) is 10.1 Å². The van der Waals surface area contributed by atoms with Crippen LogP contribution < -0.4 is 10.6 Å². The van der Waals surface area contributed by atoms with E-state index in [1.807, 2.05) is 13.8 Å². The van der Waals surface area contributed by atoms with Crippen molar-refractivity contribution in [3.63, 3.8) is 0 Å². The SMILES string of the molecule is CC(C)/C(N)=N\OC(=O)c1cnc2n1CC(=O)N(C)c1cc(Cl)ccc1-2. The average molecular weight is 376 g/mol. The standard InChI is InChI=1S/C17H18ClN5O3/c1-9(2)15(19)21-26-17(25)13-7-20-16-11-5-4-10(18)6-12(11)22(3)14(24)8-23(13)16/h4-7,9H,8H2,1-3H3,(H2,19,21). The van der Waals surface area contributed by atoms with Gasteiger partial charge < -0.3 is 20.0 Å². The highest BCUT2D eigenvalue weighted by molar-refractivity contribution is 6.31. The van der Waals surface area contributed by atoms with E-state index >= 15 is 0 Å². The molecule has 26 heavy (non-hydrogen) atoms. The van der Waals surface area contributed by atoms with Crippen molar-refractivity contribution in [3.05, 3.63) is 35.1 Å². The van der Waals surface area contributed by atoms with Crippen molar-refractivity contribution >= 4 is 35.0 Å². The third kappa shape index (κ3) is 3.15. The van der Waals surface area contributed by atoms with Crippen LogP contribution in [0.15, 0.2) is 29.6 Å². The van der Waals surface area contributed by atoms with Gasteiger partial charge in [-0.25, -0.2) is 9.78 Å². The number of benzene rings is 1. The van der Waals surface area contributed by atoms with Crippen LogP contribution in [0.3, 0.4) is 0 Å². The molecule has 1 aliphatic heterocycles. The lowest BCUT2D eigenvalue weighted by Gasteiger charge is -2.17. The molecule has 2 N–H and O–H groups in total. The molecule has 9 heteroatoms. The molecule has 2 heterocycles. The summed E-state index contributed by atoms with van der Waals surface area (Å²) in [6.07, 6.45) is 1.36. The lowest BCUT2D eigenvalue weighted by Crippen LogP contribution is -2.29. The van der Waals surface area contributed by atoms with Crippen LogP contribution in [-0.2, 0) is 16.2 Å². The molecule has 1 aromatic carbocycles. The average Bonchev–Trinajstić information content (AvgIpc) is 2.97. The summed E-state index contributed by atoms with van der Waals surface area (Å²) < 4.78 is 1.50. The Labute approximate surface area is 155 Å². The Bertz CT molecular complexity index is 919. The lowest BCUT2D eigenvalue weighted by atomic mass is 10.1. The predicted molar refractivity (Wildman–Crippen MR) is 98.0 cm³/mol. The van der Waals surface area contributed by atoms with E-state index in [4.69, 9.17) is 22.2 Å². The second-order valence-corrected chi connectivity index (χ2v) is 6.65. The van der Waals surface area contributed by atoms with Crippen LogP contribution >= 0.6 is 11.6 Å². The van der Waals surface area contributed by atoms with Crippen LogP contribution in [0.1, 0.15) is 24.3 Å². The molecule has 136 valence electrons.